The Morgan fingerprint density at radius 1 is 1.32 bits per heavy atom. The molecule has 8 heteroatoms. The van der Waals surface area contributed by atoms with Crippen molar-refractivity contribution in [3.05, 3.63) is 35.4 Å². The highest BCUT2D eigenvalue weighted by atomic mass is 19.4. The van der Waals surface area contributed by atoms with Gasteiger partial charge in [-0.05, 0) is 31.4 Å². The number of hydrogen-bond acceptors (Lipinski definition) is 3. The average Bonchev–Trinajstić information content (AvgIpc) is 2.58. The maximum absolute atomic E-state index is 13.2. The zero-order valence-corrected chi connectivity index (χ0v) is 13.9. The van der Waals surface area contributed by atoms with Gasteiger partial charge in [-0.15, -0.1) is 0 Å². The second-order valence-electron chi connectivity index (χ2n) is 6.03. The number of primary amides is 1. The Balaban J connectivity index is 2.33. The highest BCUT2D eigenvalue weighted by Crippen LogP contribution is 2.34. The van der Waals surface area contributed by atoms with Gasteiger partial charge in [0, 0.05) is 20.1 Å². The lowest BCUT2D eigenvalue weighted by Gasteiger charge is -2.41. The van der Waals surface area contributed by atoms with E-state index in [2.05, 4.69) is 0 Å². The van der Waals surface area contributed by atoms with Gasteiger partial charge < -0.3 is 15.4 Å². The van der Waals surface area contributed by atoms with Gasteiger partial charge in [-0.2, -0.15) is 13.2 Å². The minimum absolute atomic E-state index is 0.0369. The Kier molecular flexibility index (Phi) is 6.05. The van der Waals surface area contributed by atoms with Gasteiger partial charge in [-0.25, -0.2) is 0 Å². The molecule has 2 amide bonds. The molecule has 2 N–H and O–H groups in total. The van der Waals surface area contributed by atoms with Crippen molar-refractivity contribution in [2.75, 3.05) is 13.7 Å². The summed E-state index contributed by atoms with van der Waals surface area (Å²) in [7, 11) is 1.49. The molecule has 1 aromatic rings. The standard InChI is InChI=1S/C17H21F3N2O3/c1-25-14-7-4-10-22(13(14)8-9-15(21)23)16(24)11-5-2-3-6-12(11)17(18,19)20/h2-3,5-6,13-14H,4,7-10H2,1H3,(H2,21,23)/t13-,14-/m0/s1. The van der Waals surface area contributed by atoms with Crippen molar-refractivity contribution < 1.29 is 27.5 Å². The van der Waals surface area contributed by atoms with Gasteiger partial charge in [0.25, 0.3) is 5.91 Å². The van der Waals surface area contributed by atoms with Gasteiger partial charge in [0.2, 0.25) is 5.91 Å². The lowest BCUT2D eigenvalue weighted by atomic mass is 9.93. The van der Waals surface area contributed by atoms with E-state index in [4.69, 9.17) is 10.5 Å². The summed E-state index contributed by atoms with van der Waals surface area (Å²) in [5, 5.41) is 0. The zero-order valence-electron chi connectivity index (χ0n) is 13.9. The van der Waals surface area contributed by atoms with Gasteiger partial charge in [-0.1, -0.05) is 12.1 Å². The quantitative estimate of drug-likeness (QED) is 0.879. The molecule has 1 aliphatic heterocycles. The maximum Gasteiger partial charge on any atom is 0.417 e. The molecule has 0 bridgehead atoms. The van der Waals surface area contributed by atoms with Crippen LogP contribution in [0.1, 0.15) is 41.6 Å². The molecule has 0 radical (unpaired) electrons. The van der Waals surface area contributed by atoms with Crippen LogP contribution in [0.4, 0.5) is 13.2 Å². The van der Waals surface area contributed by atoms with Gasteiger partial charge >= 0.3 is 6.18 Å². The molecule has 0 saturated carbocycles. The number of carbonyl (C=O) groups excluding carboxylic acids is 2. The van der Waals surface area contributed by atoms with Crippen LogP contribution < -0.4 is 5.73 Å². The Labute approximate surface area is 143 Å². The molecule has 1 fully saturated rings. The number of rotatable bonds is 5. The third-order valence-corrected chi connectivity index (χ3v) is 4.43. The highest BCUT2D eigenvalue weighted by molar-refractivity contribution is 5.96. The van der Waals surface area contributed by atoms with E-state index in [0.717, 1.165) is 6.07 Å². The summed E-state index contributed by atoms with van der Waals surface area (Å²) in [5.74, 6) is -1.23. The molecule has 5 nitrogen and oxygen atoms in total. The summed E-state index contributed by atoms with van der Waals surface area (Å²) in [6.07, 6.45) is -3.38. The van der Waals surface area contributed by atoms with Crippen LogP contribution in [0.15, 0.2) is 24.3 Å². The molecule has 1 heterocycles. The van der Waals surface area contributed by atoms with Crippen LogP contribution in [0.3, 0.4) is 0 Å². The number of nitrogens with zero attached hydrogens (tertiary/aromatic N) is 1. The smallest absolute Gasteiger partial charge is 0.379 e. The first-order valence-electron chi connectivity index (χ1n) is 8.04. The number of halogens is 3. The number of hydrogen-bond donors (Lipinski definition) is 1. The van der Waals surface area contributed by atoms with Crippen LogP contribution in [0.5, 0.6) is 0 Å². The number of carbonyl (C=O) groups is 2. The van der Waals surface area contributed by atoms with Gasteiger partial charge in [0.1, 0.15) is 0 Å². The van der Waals surface area contributed by atoms with Crippen molar-refractivity contribution in [3.63, 3.8) is 0 Å². The van der Waals surface area contributed by atoms with Crippen LogP contribution in [0.25, 0.3) is 0 Å². The van der Waals surface area contributed by atoms with Gasteiger partial charge in [-0.3, -0.25) is 9.59 Å². The van der Waals surface area contributed by atoms with Crippen molar-refractivity contribution in [2.24, 2.45) is 5.73 Å². The predicted octanol–water partition coefficient (Wildman–Crippen LogP) is 2.59. The highest BCUT2D eigenvalue weighted by Gasteiger charge is 2.39. The van der Waals surface area contributed by atoms with Crippen LogP contribution in [-0.2, 0) is 15.7 Å². The van der Waals surface area contributed by atoms with Gasteiger partial charge in [0.15, 0.2) is 0 Å². The summed E-state index contributed by atoms with van der Waals surface area (Å²) in [5.41, 5.74) is 3.82. The van der Waals surface area contributed by atoms with E-state index in [1.807, 2.05) is 0 Å². The van der Waals surface area contributed by atoms with Crippen LogP contribution in [0, 0.1) is 0 Å². The minimum atomic E-state index is -4.62. The first kappa shape index (κ1) is 19.2. The molecule has 1 saturated heterocycles. The largest absolute Gasteiger partial charge is 0.417 e. The third-order valence-electron chi connectivity index (χ3n) is 4.43. The zero-order chi connectivity index (χ0) is 18.6. The lowest BCUT2D eigenvalue weighted by Crippen LogP contribution is -2.52. The molecule has 1 aromatic carbocycles. The number of piperidine rings is 1. The summed E-state index contributed by atoms with van der Waals surface area (Å²) in [4.78, 5) is 25.3. The Bertz CT molecular complexity index is 634. The SMILES string of the molecule is CO[C@H]1CCCN(C(=O)c2ccccc2C(F)(F)F)[C@H]1CCC(N)=O. The molecule has 0 aromatic heterocycles. The van der Waals surface area contributed by atoms with E-state index in [1.54, 1.807) is 0 Å². The number of ether oxygens (including phenoxy) is 1. The molecule has 0 spiro atoms. The van der Waals surface area contributed by atoms with Crippen molar-refractivity contribution in [2.45, 2.75) is 44.0 Å². The normalized spacial score (nSPS) is 21.2. The molecule has 25 heavy (non-hydrogen) atoms. The number of alkyl halides is 3. The number of amides is 2. The van der Waals surface area contributed by atoms with Crippen LogP contribution in [-0.4, -0.2) is 42.5 Å². The number of likely N-dealkylation sites (tertiary alicyclic amines) is 1. The molecule has 138 valence electrons. The first-order valence-corrected chi connectivity index (χ1v) is 8.04. The molecule has 0 unspecified atom stereocenters. The van der Waals surface area contributed by atoms with E-state index < -0.39 is 35.2 Å². The third kappa shape index (κ3) is 4.50. The predicted molar refractivity (Wildman–Crippen MR) is 84.7 cm³/mol. The fraction of sp³-hybridized carbons (Fsp3) is 0.529. The van der Waals surface area contributed by atoms with Crippen LogP contribution >= 0.6 is 0 Å². The first-order chi connectivity index (χ1) is 11.8. The molecule has 2 rings (SSSR count). The summed E-state index contributed by atoms with van der Waals surface area (Å²) in [6.45, 7) is 0.314. The van der Waals surface area contributed by atoms with E-state index in [-0.39, 0.29) is 18.9 Å². The monoisotopic (exact) mass is 358 g/mol. The van der Waals surface area contributed by atoms with E-state index in [9.17, 15) is 22.8 Å². The molecule has 0 aliphatic carbocycles. The fourth-order valence-electron chi connectivity index (χ4n) is 3.25. The van der Waals surface area contributed by atoms with Crippen LogP contribution in [0.2, 0.25) is 0 Å². The molecule has 1 aliphatic rings. The average molecular weight is 358 g/mol. The van der Waals surface area contributed by atoms with E-state index in [1.165, 1.54) is 30.2 Å². The van der Waals surface area contributed by atoms with Crippen molar-refractivity contribution >= 4 is 11.8 Å². The molecular weight excluding hydrogens is 337 g/mol. The number of benzene rings is 1. The Morgan fingerprint density at radius 2 is 2.00 bits per heavy atom. The van der Waals surface area contributed by atoms with E-state index >= 15 is 0 Å². The van der Waals surface area contributed by atoms with Gasteiger partial charge in [0.05, 0.1) is 23.3 Å². The topological polar surface area (TPSA) is 72.6 Å². The second-order valence-corrected chi connectivity index (χ2v) is 6.03. The van der Waals surface area contributed by atoms with Crippen molar-refractivity contribution in [1.82, 2.24) is 4.90 Å². The number of nitrogens with two attached hydrogens (primary N) is 1. The maximum atomic E-state index is 13.2. The van der Waals surface area contributed by atoms with Crippen molar-refractivity contribution in [3.8, 4) is 0 Å². The minimum Gasteiger partial charge on any atom is -0.379 e. The molecule has 2 atom stereocenters. The second kappa shape index (κ2) is 7.86. The fourth-order valence-corrected chi connectivity index (χ4v) is 3.25. The van der Waals surface area contributed by atoms with Crippen molar-refractivity contribution in [1.29, 1.82) is 0 Å². The summed E-state index contributed by atoms with van der Waals surface area (Å²) in [6, 6.07) is 4.23. The van der Waals surface area contributed by atoms with E-state index in [0.29, 0.717) is 19.4 Å². The molecular formula is C17H21F3N2O3. The Morgan fingerprint density at radius 3 is 2.60 bits per heavy atom. The summed E-state index contributed by atoms with van der Waals surface area (Å²) >= 11 is 0. The lowest BCUT2D eigenvalue weighted by molar-refractivity contribution is -0.138. The number of methoxy groups -OCH3 is 1. The summed E-state index contributed by atoms with van der Waals surface area (Å²) < 4.78 is 45.0. The Hall–Kier alpha value is -2.09.